The zero-order chi connectivity index (χ0) is 12.0. The second-order valence-electron chi connectivity index (χ2n) is 2.92. The van der Waals surface area contributed by atoms with Crippen molar-refractivity contribution in [2.45, 2.75) is 20.4 Å². The number of carbonyl (C=O) groups excluding carboxylic acids is 2. The van der Waals surface area contributed by atoms with Gasteiger partial charge in [-0.3, -0.25) is 9.48 Å². The number of ether oxygens (including phenoxy) is 2. The first-order valence-electron chi connectivity index (χ1n) is 5.03. The van der Waals surface area contributed by atoms with E-state index in [-0.39, 0.29) is 18.2 Å². The zero-order valence-electron chi connectivity index (χ0n) is 9.30. The van der Waals surface area contributed by atoms with Gasteiger partial charge in [0.25, 0.3) is 0 Å². The van der Waals surface area contributed by atoms with Gasteiger partial charge in [-0.15, -0.1) is 0 Å². The largest absolute Gasteiger partial charge is 0.465 e. The predicted molar refractivity (Wildman–Crippen MR) is 54.8 cm³/mol. The first-order valence-corrected chi connectivity index (χ1v) is 5.03. The SMILES string of the molecule is CCOC(=O)Cn1ccc(C(=O)OCC)n1. The molecule has 0 atom stereocenters. The van der Waals surface area contributed by atoms with Gasteiger partial charge in [0.05, 0.1) is 13.2 Å². The summed E-state index contributed by atoms with van der Waals surface area (Å²) < 4.78 is 10.8. The molecule has 0 spiro atoms. The number of nitrogens with zero attached hydrogens (tertiary/aromatic N) is 2. The van der Waals surface area contributed by atoms with Crippen LogP contribution in [-0.4, -0.2) is 34.9 Å². The normalized spacial score (nSPS) is 9.88. The molecule has 0 radical (unpaired) electrons. The van der Waals surface area contributed by atoms with Crippen LogP contribution in [0.2, 0.25) is 0 Å². The fraction of sp³-hybridized carbons (Fsp3) is 0.500. The molecular formula is C10H14N2O4. The first-order chi connectivity index (χ1) is 7.67. The number of aromatic nitrogens is 2. The maximum atomic E-state index is 11.3. The Morgan fingerprint density at radius 1 is 1.31 bits per heavy atom. The molecule has 16 heavy (non-hydrogen) atoms. The zero-order valence-corrected chi connectivity index (χ0v) is 9.30. The highest BCUT2D eigenvalue weighted by Gasteiger charge is 2.11. The lowest BCUT2D eigenvalue weighted by Crippen LogP contribution is -2.14. The van der Waals surface area contributed by atoms with E-state index >= 15 is 0 Å². The summed E-state index contributed by atoms with van der Waals surface area (Å²) in [4.78, 5) is 22.4. The van der Waals surface area contributed by atoms with Crippen LogP contribution in [0.25, 0.3) is 0 Å². The van der Waals surface area contributed by atoms with E-state index in [1.165, 1.54) is 16.9 Å². The topological polar surface area (TPSA) is 70.4 Å². The molecule has 0 aliphatic carbocycles. The van der Waals surface area contributed by atoms with Crippen LogP contribution in [0.15, 0.2) is 12.3 Å². The maximum absolute atomic E-state index is 11.3. The molecule has 0 bridgehead atoms. The lowest BCUT2D eigenvalue weighted by molar-refractivity contribution is -0.144. The Labute approximate surface area is 93.1 Å². The van der Waals surface area contributed by atoms with Crippen LogP contribution in [0.5, 0.6) is 0 Å². The Bertz CT molecular complexity index is 373. The second-order valence-corrected chi connectivity index (χ2v) is 2.92. The summed E-state index contributed by atoms with van der Waals surface area (Å²) in [6.07, 6.45) is 1.53. The van der Waals surface area contributed by atoms with Gasteiger partial charge < -0.3 is 9.47 Å². The van der Waals surface area contributed by atoms with Crippen LogP contribution in [-0.2, 0) is 20.8 Å². The van der Waals surface area contributed by atoms with Gasteiger partial charge in [0.1, 0.15) is 6.54 Å². The summed E-state index contributed by atoms with van der Waals surface area (Å²) in [6.45, 7) is 4.06. The number of hydrogen-bond donors (Lipinski definition) is 0. The van der Waals surface area contributed by atoms with Crippen molar-refractivity contribution in [3.8, 4) is 0 Å². The summed E-state index contributed by atoms with van der Waals surface area (Å²) in [6, 6.07) is 1.50. The Balaban J connectivity index is 2.57. The van der Waals surface area contributed by atoms with E-state index in [4.69, 9.17) is 9.47 Å². The highest BCUT2D eigenvalue weighted by molar-refractivity contribution is 5.87. The fourth-order valence-electron chi connectivity index (χ4n) is 1.10. The monoisotopic (exact) mass is 226 g/mol. The van der Waals surface area contributed by atoms with E-state index in [0.717, 1.165) is 0 Å². The molecule has 0 aliphatic rings. The van der Waals surface area contributed by atoms with E-state index in [1.807, 2.05) is 0 Å². The van der Waals surface area contributed by atoms with Crippen molar-refractivity contribution in [3.63, 3.8) is 0 Å². The Morgan fingerprint density at radius 2 is 2.00 bits per heavy atom. The smallest absolute Gasteiger partial charge is 0.358 e. The third-order valence-corrected chi connectivity index (χ3v) is 1.72. The summed E-state index contributed by atoms with van der Waals surface area (Å²) in [5.41, 5.74) is 0.186. The minimum Gasteiger partial charge on any atom is -0.465 e. The van der Waals surface area contributed by atoms with Crippen LogP contribution < -0.4 is 0 Å². The van der Waals surface area contributed by atoms with Gasteiger partial charge >= 0.3 is 11.9 Å². The average Bonchev–Trinajstić information content (AvgIpc) is 2.67. The number of carbonyl (C=O) groups is 2. The number of rotatable bonds is 5. The Morgan fingerprint density at radius 3 is 2.62 bits per heavy atom. The van der Waals surface area contributed by atoms with E-state index in [0.29, 0.717) is 13.2 Å². The highest BCUT2D eigenvalue weighted by atomic mass is 16.5. The van der Waals surface area contributed by atoms with Crippen molar-refractivity contribution in [1.82, 2.24) is 9.78 Å². The minimum atomic E-state index is -0.495. The summed E-state index contributed by atoms with van der Waals surface area (Å²) in [5.74, 6) is -0.883. The van der Waals surface area contributed by atoms with Crippen LogP contribution in [0.4, 0.5) is 0 Å². The third-order valence-electron chi connectivity index (χ3n) is 1.72. The van der Waals surface area contributed by atoms with Gasteiger partial charge in [-0.25, -0.2) is 4.79 Å². The van der Waals surface area contributed by atoms with Crippen molar-refractivity contribution in [2.24, 2.45) is 0 Å². The van der Waals surface area contributed by atoms with Crippen LogP contribution >= 0.6 is 0 Å². The van der Waals surface area contributed by atoms with Gasteiger partial charge in [-0.2, -0.15) is 5.10 Å². The lowest BCUT2D eigenvalue weighted by Gasteiger charge is -2.01. The van der Waals surface area contributed by atoms with E-state index < -0.39 is 5.97 Å². The predicted octanol–water partition coefficient (Wildman–Crippen LogP) is 0.623. The lowest BCUT2D eigenvalue weighted by atomic mass is 10.4. The molecule has 6 heteroatoms. The molecule has 0 saturated heterocycles. The van der Waals surface area contributed by atoms with Crippen LogP contribution in [0.1, 0.15) is 24.3 Å². The van der Waals surface area contributed by atoms with Crippen molar-refractivity contribution in [1.29, 1.82) is 0 Å². The number of esters is 2. The first kappa shape index (κ1) is 12.2. The van der Waals surface area contributed by atoms with Gasteiger partial charge in [-0.1, -0.05) is 0 Å². The molecular weight excluding hydrogens is 212 g/mol. The fourth-order valence-corrected chi connectivity index (χ4v) is 1.10. The van der Waals surface area contributed by atoms with Crippen LogP contribution in [0, 0.1) is 0 Å². The molecule has 6 nitrogen and oxygen atoms in total. The summed E-state index contributed by atoms with van der Waals surface area (Å²) in [5, 5.41) is 3.89. The second kappa shape index (κ2) is 5.89. The van der Waals surface area contributed by atoms with E-state index in [2.05, 4.69) is 5.10 Å². The minimum absolute atomic E-state index is 0.00670. The average molecular weight is 226 g/mol. The molecule has 0 aliphatic heterocycles. The Kier molecular flexibility index (Phi) is 4.50. The summed E-state index contributed by atoms with van der Waals surface area (Å²) >= 11 is 0. The van der Waals surface area contributed by atoms with E-state index in [1.54, 1.807) is 13.8 Å². The molecule has 0 N–H and O–H groups in total. The van der Waals surface area contributed by atoms with Crippen molar-refractivity contribution in [3.05, 3.63) is 18.0 Å². The van der Waals surface area contributed by atoms with Crippen molar-refractivity contribution < 1.29 is 19.1 Å². The molecule has 1 rings (SSSR count). The molecule has 0 amide bonds. The highest BCUT2D eigenvalue weighted by Crippen LogP contribution is 1.99. The molecule has 1 heterocycles. The molecule has 0 fully saturated rings. The molecule has 0 unspecified atom stereocenters. The molecule has 0 aromatic carbocycles. The van der Waals surface area contributed by atoms with E-state index in [9.17, 15) is 9.59 Å². The number of hydrogen-bond acceptors (Lipinski definition) is 5. The van der Waals surface area contributed by atoms with Gasteiger partial charge in [0.15, 0.2) is 5.69 Å². The van der Waals surface area contributed by atoms with Crippen molar-refractivity contribution in [2.75, 3.05) is 13.2 Å². The summed E-state index contributed by atoms with van der Waals surface area (Å²) in [7, 11) is 0. The third kappa shape index (κ3) is 3.38. The molecule has 1 aromatic heterocycles. The molecule has 0 saturated carbocycles. The van der Waals surface area contributed by atoms with Crippen LogP contribution in [0.3, 0.4) is 0 Å². The molecule has 88 valence electrons. The quantitative estimate of drug-likeness (QED) is 0.688. The Hall–Kier alpha value is -1.85. The van der Waals surface area contributed by atoms with Crippen molar-refractivity contribution >= 4 is 11.9 Å². The van der Waals surface area contributed by atoms with Gasteiger partial charge in [0.2, 0.25) is 0 Å². The standard InChI is InChI=1S/C10H14N2O4/c1-3-15-9(13)7-12-6-5-8(11-12)10(14)16-4-2/h5-6H,3-4,7H2,1-2H3. The maximum Gasteiger partial charge on any atom is 0.358 e. The van der Waals surface area contributed by atoms with Gasteiger partial charge in [-0.05, 0) is 19.9 Å². The molecule has 1 aromatic rings. The van der Waals surface area contributed by atoms with Gasteiger partial charge in [0, 0.05) is 6.20 Å².